The third-order valence-electron chi connectivity index (χ3n) is 5.44. The van der Waals surface area contributed by atoms with E-state index < -0.39 is 5.60 Å². The summed E-state index contributed by atoms with van der Waals surface area (Å²) < 4.78 is 0. The largest absolute Gasteiger partial charge is 0.385 e. The van der Waals surface area contributed by atoms with Gasteiger partial charge in [-0.25, -0.2) is 0 Å². The third kappa shape index (κ3) is 2.47. The highest BCUT2D eigenvalue weighted by Gasteiger charge is 2.47. The summed E-state index contributed by atoms with van der Waals surface area (Å²) in [6, 6.07) is 22.0. The lowest BCUT2D eigenvalue weighted by Gasteiger charge is -2.44. The molecule has 2 saturated heterocycles. The van der Waals surface area contributed by atoms with Crippen LogP contribution in [0.15, 0.2) is 60.7 Å². The third-order valence-corrected chi connectivity index (χ3v) is 5.44. The number of rotatable bonds is 3. The average Bonchev–Trinajstić information content (AvgIpc) is 2.81. The Bertz CT molecular complexity index is 611. The normalized spacial score (nSPS) is 31.3. The molecule has 1 N–H and O–H groups in total. The SMILES string of the molecule is OC1(c2ccccc2)C[C@H]2CC[C@@H](C1)N2Cc1ccccc1. The molecule has 0 aromatic heterocycles. The van der Waals surface area contributed by atoms with Crippen LogP contribution in [0.2, 0.25) is 0 Å². The Hall–Kier alpha value is -1.64. The van der Waals surface area contributed by atoms with Gasteiger partial charge in [-0.05, 0) is 36.8 Å². The van der Waals surface area contributed by atoms with E-state index in [1.165, 1.54) is 18.4 Å². The first kappa shape index (κ1) is 14.0. The van der Waals surface area contributed by atoms with Crippen molar-refractivity contribution in [2.75, 3.05) is 0 Å². The molecule has 2 aromatic carbocycles. The van der Waals surface area contributed by atoms with Crippen LogP contribution in [0.1, 0.15) is 36.8 Å². The van der Waals surface area contributed by atoms with Crippen LogP contribution in [-0.2, 0) is 12.1 Å². The van der Waals surface area contributed by atoms with E-state index in [-0.39, 0.29) is 0 Å². The van der Waals surface area contributed by atoms with Crippen molar-refractivity contribution in [2.45, 2.75) is 49.9 Å². The summed E-state index contributed by atoms with van der Waals surface area (Å²) in [5.74, 6) is 0. The van der Waals surface area contributed by atoms with Crippen LogP contribution in [0.5, 0.6) is 0 Å². The number of hydrogen-bond donors (Lipinski definition) is 1. The standard InChI is InChI=1S/C20H23NO/c22-20(17-9-5-2-6-10-17)13-18-11-12-19(14-20)21(18)15-16-7-3-1-4-8-16/h1-10,18-19,22H,11-15H2/t18-,19+,20?. The van der Waals surface area contributed by atoms with Crippen LogP contribution in [0, 0.1) is 0 Å². The van der Waals surface area contributed by atoms with Crippen molar-refractivity contribution in [1.29, 1.82) is 0 Å². The van der Waals surface area contributed by atoms with E-state index in [4.69, 9.17) is 0 Å². The Kier molecular flexibility index (Phi) is 3.51. The molecule has 2 heteroatoms. The van der Waals surface area contributed by atoms with E-state index in [1.54, 1.807) is 0 Å². The molecule has 4 rings (SSSR count). The number of hydrogen-bond acceptors (Lipinski definition) is 2. The van der Waals surface area contributed by atoms with Gasteiger partial charge in [0.05, 0.1) is 5.60 Å². The van der Waals surface area contributed by atoms with Crippen LogP contribution in [0.25, 0.3) is 0 Å². The molecule has 2 fully saturated rings. The first-order valence-corrected chi connectivity index (χ1v) is 8.32. The van der Waals surface area contributed by atoms with Crippen LogP contribution in [0.4, 0.5) is 0 Å². The Balaban J connectivity index is 1.55. The van der Waals surface area contributed by atoms with Gasteiger partial charge in [-0.1, -0.05) is 60.7 Å². The zero-order chi connectivity index (χ0) is 15.0. The molecule has 2 heterocycles. The van der Waals surface area contributed by atoms with Gasteiger partial charge in [-0.3, -0.25) is 4.90 Å². The minimum absolute atomic E-state index is 0.504. The molecular formula is C20H23NO. The zero-order valence-electron chi connectivity index (χ0n) is 12.9. The molecule has 0 aliphatic carbocycles. The maximum absolute atomic E-state index is 11.2. The lowest BCUT2D eigenvalue weighted by atomic mass is 9.80. The van der Waals surface area contributed by atoms with Gasteiger partial charge in [0.25, 0.3) is 0 Å². The second-order valence-corrected chi connectivity index (χ2v) is 6.85. The van der Waals surface area contributed by atoms with Gasteiger partial charge in [-0.2, -0.15) is 0 Å². The number of benzene rings is 2. The van der Waals surface area contributed by atoms with E-state index in [2.05, 4.69) is 47.4 Å². The summed E-state index contributed by atoms with van der Waals surface area (Å²) in [5.41, 5.74) is 1.83. The van der Waals surface area contributed by atoms with E-state index in [0.29, 0.717) is 12.1 Å². The number of nitrogens with zero attached hydrogens (tertiary/aromatic N) is 1. The van der Waals surface area contributed by atoms with Crippen LogP contribution in [-0.4, -0.2) is 22.1 Å². The molecule has 0 amide bonds. The topological polar surface area (TPSA) is 23.5 Å². The summed E-state index contributed by atoms with van der Waals surface area (Å²) in [6.07, 6.45) is 4.15. The highest BCUT2D eigenvalue weighted by Crippen LogP contribution is 2.46. The van der Waals surface area contributed by atoms with E-state index in [1.807, 2.05) is 18.2 Å². The highest BCUT2D eigenvalue weighted by atomic mass is 16.3. The number of aliphatic hydroxyl groups is 1. The van der Waals surface area contributed by atoms with Gasteiger partial charge in [0.1, 0.15) is 0 Å². The molecule has 114 valence electrons. The van der Waals surface area contributed by atoms with E-state index in [0.717, 1.165) is 24.9 Å². The Labute approximate surface area is 132 Å². The Morgan fingerprint density at radius 1 is 0.864 bits per heavy atom. The predicted octanol–water partition coefficient (Wildman–Crippen LogP) is 3.70. The molecule has 1 unspecified atom stereocenters. The van der Waals surface area contributed by atoms with Crippen LogP contribution < -0.4 is 0 Å². The monoisotopic (exact) mass is 293 g/mol. The first-order valence-electron chi connectivity index (χ1n) is 8.32. The number of fused-ring (bicyclic) bond motifs is 2. The maximum atomic E-state index is 11.2. The minimum atomic E-state index is -0.639. The molecule has 2 aromatic rings. The molecule has 3 atom stereocenters. The van der Waals surface area contributed by atoms with Gasteiger partial charge >= 0.3 is 0 Å². The molecule has 0 radical (unpaired) electrons. The van der Waals surface area contributed by atoms with Gasteiger partial charge in [0.15, 0.2) is 0 Å². The molecular weight excluding hydrogens is 270 g/mol. The average molecular weight is 293 g/mol. The Morgan fingerprint density at radius 2 is 1.41 bits per heavy atom. The van der Waals surface area contributed by atoms with Crippen LogP contribution >= 0.6 is 0 Å². The lowest BCUT2D eigenvalue weighted by Crippen LogP contribution is -2.49. The number of piperidine rings is 1. The fourth-order valence-corrected chi connectivity index (χ4v) is 4.35. The van der Waals surface area contributed by atoms with Crippen molar-refractivity contribution < 1.29 is 5.11 Å². The molecule has 2 aliphatic heterocycles. The van der Waals surface area contributed by atoms with E-state index >= 15 is 0 Å². The van der Waals surface area contributed by atoms with Crippen molar-refractivity contribution in [3.05, 3.63) is 71.8 Å². The van der Waals surface area contributed by atoms with Gasteiger partial charge < -0.3 is 5.11 Å². The summed E-state index contributed by atoms with van der Waals surface area (Å²) in [7, 11) is 0. The van der Waals surface area contributed by atoms with Gasteiger partial charge in [0.2, 0.25) is 0 Å². The molecule has 0 spiro atoms. The van der Waals surface area contributed by atoms with E-state index in [9.17, 15) is 5.11 Å². The van der Waals surface area contributed by atoms with Crippen molar-refractivity contribution in [1.82, 2.24) is 4.90 Å². The van der Waals surface area contributed by atoms with Gasteiger partial charge in [-0.15, -0.1) is 0 Å². The molecule has 0 saturated carbocycles. The second kappa shape index (κ2) is 5.53. The summed E-state index contributed by atoms with van der Waals surface area (Å²) in [4.78, 5) is 2.62. The zero-order valence-corrected chi connectivity index (χ0v) is 12.9. The van der Waals surface area contributed by atoms with Gasteiger partial charge in [0, 0.05) is 18.6 Å². The smallest absolute Gasteiger partial charge is 0.0926 e. The van der Waals surface area contributed by atoms with Crippen molar-refractivity contribution in [2.24, 2.45) is 0 Å². The molecule has 2 bridgehead atoms. The highest BCUT2D eigenvalue weighted by molar-refractivity contribution is 5.25. The summed E-state index contributed by atoms with van der Waals surface area (Å²) >= 11 is 0. The van der Waals surface area contributed by atoms with Crippen molar-refractivity contribution in [3.63, 3.8) is 0 Å². The molecule has 2 aliphatic rings. The first-order chi connectivity index (χ1) is 10.7. The molecule has 22 heavy (non-hydrogen) atoms. The summed E-state index contributed by atoms with van der Waals surface area (Å²) in [6.45, 7) is 1.01. The fraction of sp³-hybridized carbons (Fsp3) is 0.400. The second-order valence-electron chi connectivity index (χ2n) is 6.85. The summed E-state index contributed by atoms with van der Waals surface area (Å²) in [5, 5.41) is 11.2. The maximum Gasteiger partial charge on any atom is 0.0926 e. The molecule has 2 nitrogen and oxygen atoms in total. The minimum Gasteiger partial charge on any atom is -0.385 e. The fourth-order valence-electron chi connectivity index (χ4n) is 4.35. The lowest BCUT2D eigenvalue weighted by molar-refractivity contribution is -0.0595. The Morgan fingerprint density at radius 3 is 2.00 bits per heavy atom. The van der Waals surface area contributed by atoms with Crippen molar-refractivity contribution >= 4 is 0 Å². The predicted molar refractivity (Wildman–Crippen MR) is 88.4 cm³/mol. The van der Waals surface area contributed by atoms with Crippen molar-refractivity contribution in [3.8, 4) is 0 Å². The van der Waals surface area contributed by atoms with Crippen LogP contribution in [0.3, 0.4) is 0 Å². The quantitative estimate of drug-likeness (QED) is 0.932.